The molecule has 6 heteroatoms. The lowest BCUT2D eigenvalue weighted by Crippen LogP contribution is -2.17. The molecule has 0 aliphatic heterocycles. The van der Waals surface area contributed by atoms with Gasteiger partial charge in [-0.15, -0.1) is 0 Å². The molecule has 0 saturated heterocycles. The van der Waals surface area contributed by atoms with Gasteiger partial charge in [0.1, 0.15) is 0 Å². The minimum atomic E-state index is -0.993. The summed E-state index contributed by atoms with van der Waals surface area (Å²) in [6.45, 7) is 1.83. The number of rotatable bonds is 4. The molecule has 94 valence electrons. The second-order valence-electron chi connectivity index (χ2n) is 4.18. The van der Waals surface area contributed by atoms with Gasteiger partial charge in [-0.05, 0) is 25.1 Å². The van der Waals surface area contributed by atoms with E-state index in [9.17, 15) is 9.59 Å². The van der Waals surface area contributed by atoms with Gasteiger partial charge in [0.05, 0.1) is 22.9 Å². The maximum absolute atomic E-state index is 10.9. The zero-order valence-electron chi connectivity index (χ0n) is 9.83. The predicted molar refractivity (Wildman–Crippen MR) is 65.2 cm³/mol. The Morgan fingerprint density at radius 3 is 2.83 bits per heavy atom. The number of hydrogen-bond donors (Lipinski definition) is 2. The van der Waals surface area contributed by atoms with Crippen LogP contribution in [0.1, 0.15) is 29.7 Å². The van der Waals surface area contributed by atoms with Gasteiger partial charge in [-0.2, -0.15) is 0 Å². The third-order valence-corrected chi connectivity index (χ3v) is 2.79. The van der Waals surface area contributed by atoms with Crippen LogP contribution in [0.15, 0.2) is 24.5 Å². The van der Waals surface area contributed by atoms with E-state index in [0.717, 1.165) is 0 Å². The number of carbonyl (C=O) groups is 2. The molecule has 2 rings (SSSR count). The summed E-state index contributed by atoms with van der Waals surface area (Å²) in [6, 6.07) is 4.53. The zero-order valence-corrected chi connectivity index (χ0v) is 9.83. The molecule has 1 unspecified atom stereocenters. The molecule has 1 atom stereocenters. The second kappa shape index (κ2) is 4.48. The number of fused-ring (bicyclic) bond motifs is 1. The van der Waals surface area contributed by atoms with Gasteiger partial charge in [0.25, 0.3) is 0 Å². The zero-order chi connectivity index (χ0) is 13.3. The highest BCUT2D eigenvalue weighted by molar-refractivity contribution is 5.92. The van der Waals surface area contributed by atoms with Crippen LogP contribution >= 0.6 is 0 Å². The maximum Gasteiger partial charge on any atom is 0.335 e. The number of benzene rings is 1. The molecule has 0 spiro atoms. The number of imidazole rings is 1. The van der Waals surface area contributed by atoms with E-state index in [4.69, 9.17) is 10.8 Å². The Balaban J connectivity index is 2.48. The number of carboxylic acids is 1. The van der Waals surface area contributed by atoms with Gasteiger partial charge in [0.2, 0.25) is 5.91 Å². The first-order valence-corrected chi connectivity index (χ1v) is 5.47. The number of primary amides is 1. The summed E-state index contributed by atoms with van der Waals surface area (Å²) in [7, 11) is 0. The molecule has 18 heavy (non-hydrogen) atoms. The van der Waals surface area contributed by atoms with Crippen LogP contribution in [0.25, 0.3) is 11.0 Å². The van der Waals surface area contributed by atoms with Gasteiger partial charge in [0.15, 0.2) is 0 Å². The molecule has 6 nitrogen and oxygen atoms in total. The molecule has 2 aromatic rings. The summed E-state index contributed by atoms with van der Waals surface area (Å²) in [5.74, 6) is -1.40. The van der Waals surface area contributed by atoms with Crippen LogP contribution in [0.2, 0.25) is 0 Å². The van der Waals surface area contributed by atoms with Gasteiger partial charge in [-0.25, -0.2) is 9.78 Å². The van der Waals surface area contributed by atoms with Crippen LogP contribution in [0, 0.1) is 0 Å². The molecular weight excluding hydrogens is 234 g/mol. The van der Waals surface area contributed by atoms with Crippen molar-refractivity contribution in [1.29, 1.82) is 0 Å². The minimum absolute atomic E-state index is 0.156. The normalized spacial score (nSPS) is 12.5. The standard InChI is InChI=1S/C12H13N3O3/c1-7(4-11(13)16)15-6-14-9-3-2-8(12(17)18)5-10(9)15/h2-3,5-7H,4H2,1H3,(H2,13,16)(H,17,18). The number of nitrogens with two attached hydrogens (primary N) is 1. The molecule has 1 aromatic carbocycles. The van der Waals surface area contributed by atoms with E-state index < -0.39 is 11.9 Å². The van der Waals surface area contributed by atoms with Crippen molar-refractivity contribution in [2.45, 2.75) is 19.4 Å². The van der Waals surface area contributed by atoms with E-state index in [2.05, 4.69) is 4.98 Å². The minimum Gasteiger partial charge on any atom is -0.478 e. The van der Waals surface area contributed by atoms with Crippen molar-refractivity contribution < 1.29 is 14.7 Å². The number of aromatic carboxylic acids is 1. The van der Waals surface area contributed by atoms with Crippen molar-refractivity contribution in [2.24, 2.45) is 5.73 Å². The maximum atomic E-state index is 10.9. The van der Waals surface area contributed by atoms with Crippen LogP contribution < -0.4 is 5.73 Å². The smallest absolute Gasteiger partial charge is 0.335 e. The fourth-order valence-corrected chi connectivity index (χ4v) is 1.90. The van der Waals surface area contributed by atoms with E-state index in [1.807, 2.05) is 6.92 Å². The SMILES string of the molecule is CC(CC(N)=O)n1cnc2ccc(C(=O)O)cc21. The first-order chi connectivity index (χ1) is 8.49. The molecular formula is C12H13N3O3. The number of amides is 1. The fraction of sp³-hybridized carbons (Fsp3) is 0.250. The average molecular weight is 247 g/mol. The van der Waals surface area contributed by atoms with Crippen molar-refractivity contribution >= 4 is 22.9 Å². The molecule has 0 bridgehead atoms. The number of carboxylic acid groups (broad SMARTS) is 1. The first kappa shape index (κ1) is 12.1. The van der Waals surface area contributed by atoms with Crippen molar-refractivity contribution in [3.63, 3.8) is 0 Å². The molecule has 0 radical (unpaired) electrons. The van der Waals surface area contributed by atoms with Crippen LogP contribution in [0.3, 0.4) is 0 Å². The van der Waals surface area contributed by atoms with Gasteiger partial charge in [-0.1, -0.05) is 0 Å². The first-order valence-electron chi connectivity index (χ1n) is 5.47. The van der Waals surface area contributed by atoms with Gasteiger partial charge >= 0.3 is 5.97 Å². The number of nitrogens with zero attached hydrogens (tertiary/aromatic N) is 2. The Hall–Kier alpha value is -2.37. The van der Waals surface area contributed by atoms with E-state index >= 15 is 0 Å². The van der Waals surface area contributed by atoms with Crippen molar-refractivity contribution in [3.05, 3.63) is 30.1 Å². The van der Waals surface area contributed by atoms with Gasteiger partial charge < -0.3 is 15.4 Å². The monoisotopic (exact) mass is 247 g/mol. The van der Waals surface area contributed by atoms with E-state index in [1.165, 1.54) is 6.07 Å². The molecule has 1 heterocycles. The third kappa shape index (κ3) is 2.17. The lowest BCUT2D eigenvalue weighted by Gasteiger charge is -2.12. The lowest BCUT2D eigenvalue weighted by molar-refractivity contribution is -0.118. The number of carbonyl (C=O) groups excluding carboxylic acids is 1. The van der Waals surface area contributed by atoms with Crippen molar-refractivity contribution in [3.8, 4) is 0 Å². The highest BCUT2D eigenvalue weighted by Gasteiger charge is 2.13. The molecule has 1 amide bonds. The Labute approximate surface area is 103 Å². The van der Waals surface area contributed by atoms with Crippen LogP contribution in [-0.4, -0.2) is 26.5 Å². The van der Waals surface area contributed by atoms with Gasteiger partial charge in [0, 0.05) is 12.5 Å². The predicted octanol–water partition coefficient (Wildman–Crippen LogP) is 1.17. The Kier molecular flexibility index (Phi) is 3.01. The molecule has 0 aliphatic carbocycles. The Morgan fingerprint density at radius 2 is 2.22 bits per heavy atom. The quantitative estimate of drug-likeness (QED) is 0.847. The summed E-state index contributed by atoms with van der Waals surface area (Å²) in [5.41, 5.74) is 6.72. The highest BCUT2D eigenvalue weighted by Crippen LogP contribution is 2.20. The van der Waals surface area contributed by atoms with E-state index in [0.29, 0.717) is 11.0 Å². The summed E-state index contributed by atoms with van der Waals surface area (Å²) in [4.78, 5) is 26.0. The molecule has 3 N–H and O–H groups in total. The van der Waals surface area contributed by atoms with Gasteiger partial charge in [-0.3, -0.25) is 4.79 Å². The van der Waals surface area contributed by atoms with E-state index in [1.54, 1.807) is 23.0 Å². The third-order valence-electron chi connectivity index (χ3n) is 2.79. The fourth-order valence-electron chi connectivity index (χ4n) is 1.90. The number of aromatic nitrogens is 2. The average Bonchev–Trinajstić information content (AvgIpc) is 2.70. The van der Waals surface area contributed by atoms with Crippen LogP contribution in [0.4, 0.5) is 0 Å². The molecule has 0 fully saturated rings. The summed E-state index contributed by atoms with van der Waals surface area (Å²) in [6.07, 6.45) is 1.77. The number of hydrogen-bond acceptors (Lipinski definition) is 3. The van der Waals surface area contributed by atoms with Crippen molar-refractivity contribution in [1.82, 2.24) is 9.55 Å². The van der Waals surface area contributed by atoms with Crippen molar-refractivity contribution in [2.75, 3.05) is 0 Å². The largest absolute Gasteiger partial charge is 0.478 e. The highest BCUT2D eigenvalue weighted by atomic mass is 16.4. The molecule has 0 saturated carbocycles. The van der Waals surface area contributed by atoms with E-state index in [-0.39, 0.29) is 18.0 Å². The van der Waals surface area contributed by atoms with Crippen LogP contribution in [0.5, 0.6) is 0 Å². The topological polar surface area (TPSA) is 98.2 Å². The molecule has 1 aromatic heterocycles. The molecule has 0 aliphatic rings. The Morgan fingerprint density at radius 1 is 1.50 bits per heavy atom. The lowest BCUT2D eigenvalue weighted by atomic mass is 10.1. The van der Waals surface area contributed by atoms with Crippen LogP contribution in [-0.2, 0) is 4.79 Å². The summed E-state index contributed by atoms with van der Waals surface area (Å²) >= 11 is 0. The summed E-state index contributed by atoms with van der Waals surface area (Å²) in [5, 5.41) is 8.95. The summed E-state index contributed by atoms with van der Waals surface area (Å²) < 4.78 is 1.76. The Bertz CT molecular complexity index is 618. The second-order valence-corrected chi connectivity index (χ2v) is 4.18.